The zero-order valence-corrected chi connectivity index (χ0v) is 20.5. The maximum atomic E-state index is 13.0. The number of amides is 1. The highest BCUT2D eigenvalue weighted by molar-refractivity contribution is 7.99. The summed E-state index contributed by atoms with van der Waals surface area (Å²) in [7, 11) is 0. The van der Waals surface area contributed by atoms with Crippen molar-refractivity contribution in [2.24, 2.45) is 0 Å². The summed E-state index contributed by atoms with van der Waals surface area (Å²) in [5.41, 5.74) is -0.116. The van der Waals surface area contributed by atoms with E-state index in [0.29, 0.717) is 17.5 Å². The normalized spacial score (nSPS) is 14.3. The van der Waals surface area contributed by atoms with Crippen molar-refractivity contribution in [1.29, 1.82) is 0 Å². The quantitative estimate of drug-likeness (QED) is 0.332. The number of nitrogens with one attached hydrogen (secondary N) is 1. The molecule has 186 valence electrons. The lowest BCUT2D eigenvalue weighted by Crippen LogP contribution is -2.16. The summed E-state index contributed by atoms with van der Waals surface area (Å²) in [5, 5.41) is 11.5. The second-order valence-corrected chi connectivity index (χ2v) is 9.48. The fourth-order valence-corrected chi connectivity index (χ4v) is 4.86. The summed E-state index contributed by atoms with van der Waals surface area (Å²) in [5.74, 6) is 0.905. The minimum Gasteiger partial charge on any atom is -0.490 e. The first-order chi connectivity index (χ1) is 16.7. The van der Waals surface area contributed by atoms with E-state index < -0.39 is 17.6 Å². The van der Waals surface area contributed by atoms with Crippen molar-refractivity contribution in [3.05, 3.63) is 53.1 Å². The first-order valence-corrected chi connectivity index (χ1v) is 12.6. The van der Waals surface area contributed by atoms with E-state index in [-0.39, 0.29) is 22.6 Å². The minimum absolute atomic E-state index is 0.0238. The Kier molecular flexibility index (Phi) is 7.91. The molecule has 1 aromatic heterocycles. The molecule has 4 rings (SSSR count). The highest BCUT2D eigenvalue weighted by atomic mass is 35.5. The van der Waals surface area contributed by atoms with E-state index in [2.05, 4.69) is 15.5 Å². The van der Waals surface area contributed by atoms with Gasteiger partial charge in [0, 0.05) is 12.1 Å². The fraction of sp³-hybridized carbons (Fsp3) is 0.375. The number of benzene rings is 2. The SMILES string of the molecule is CCn1c(SCC(=O)Nc2cc(C(F)(F)F)ccc2Cl)nnc1-c1ccc(OC2CCCC2)cc1. The number of aromatic nitrogens is 3. The Labute approximate surface area is 210 Å². The largest absolute Gasteiger partial charge is 0.490 e. The molecule has 6 nitrogen and oxygen atoms in total. The summed E-state index contributed by atoms with van der Waals surface area (Å²) < 4.78 is 46.8. The van der Waals surface area contributed by atoms with E-state index in [9.17, 15) is 18.0 Å². The molecule has 0 spiro atoms. The van der Waals surface area contributed by atoms with Crippen molar-refractivity contribution in [2.75, 3.05) is 11.1 Å². The maximum absolute atomic E-state index is 13.0. The number of hydrogen-bond acceptors (Lipinski definition) is 5. The molecule has 0 unspecified atom stereocenters. The Bertz CT molecular complexity index is 1180. The van der Waals surface area contributed by atoms with Gasteiger partial charge in [0.05, 0.1) is 28.1 Å². The first-order valence-electron chi connectivity index (χ1n) is 11.2. The zero-order chi connectivity index (χ0) is 25.0. The lowest BCUT2D eigenvalue weighted by Gasteiger charge is -2.13. The molecule has 1 amide bonds. The summed E-state index contributed by atoms with van der Waals surface area (Å²) in [4.78, 5) is 12.4. The van der Waals surface area contributed by atoms with Crippen molar-refractivity contribution in [1.82, 2.24) is 14.8 Å². The standard InChI is InChI=1S/C24H24ClF3N4O2S/c1-2-32-22(15-7-10-18(11-8-15)34-17-5-3-4-6-17)30-31-23(32)35-14-21(33)29-20-13-16(24(26,27)28)9-12-19(20)25/h7-13,17H,2-6,14H2,1H3,(H,29,33). The predicted molar refractivity (Wildman–Crippen MR) is 130 cm³/mol. The van der Waals surface area contributed by atoms with Crippen molar-refractivity contribution in [2.45, 2.75) is 56.6 Å². The molecule has 1 saturated carbocycles. The number of nitrogens with zero attached hydrogens (tertiary/aromatic N) is 3. The monoisotopic (exact) mass is 524 g/mol. The van der Waals surface area contributed by atoms with Gasteiger partial charge in [-0.05, 0) is 75.1 Å². The lowest BCUT2D eigenvalue weighted by molar-refractivity contribution is -0.137. The lowest BCUT2D eigenvalue weighted by atomic mass is 10.2. The van der Waals surface area contributed by atoms with Gasteiger partial charge >= 0.3 is 6.18 Å². The van der Waals surface area contributed by atoms with Crippen LogP contribution in [0, 0.1) is 0 Å². The number of rotatable bonds is 8. The summed E-state index contributed by atoms with van der Waals surface area (Å²) in [6, 6.07) is 10.5. The molecule has 1 heterocycles. The molecule has 35 heavy (non-hydrogen) atoms. The van der Waals surface area contributed by atoms with E-state index in [1.807, 2.05) is 35.8 Å². The highest BCUT2D eigenvalue weighted by Gasteiger charge is 2.31. The van der Waals surface area contributed by atoms with E-state index in [1.165, 1.54) is 12.8 Å². The third-order valence-electron chi connectivity index (χ3n) is 5.65. The average molecular weight is 525 g/mol. The van der Waals surface area contributed by atoms with Gasteiger partial charge in [0.15, 0.2) is 11.0 Å². The molecule has 1 N–H and O–H groups in total. The summed E-state index contributed by atoms with van der Waals surface area (Å²) >= 11 is 7.10. The predicted octanol–water partition coefficient (Wildman–Crippen LogP) is 6.69. The molecule has 1 aliphatic carbocycles. The molecule has 0 radical (unpaired) electrons. The number of ether oxygens (including phenoxy) is 1. The Balaban J connectivity index is 1.40. The Morgan fingerprint density at radius 2 is 1.89 bits per heavy atom. The van der Waals surface area contributed by atoms with E-state index in [1.54, 1.807) is 0 Å². The van der Waals surface area contributed by atoms with Crippen molar-refractivity contribution >= 4 is 35.0 Å². The molecule has 3 aromatic rings. The van der Waals surface area contributed by atoms with Crippen LogP contribution in [0.5, 0.6) is 5.75 Å². The molecule has 0 atom stereocenters. The molecule has 0 aliphatic heterocycles. The third kappa shape index (κ3) is 6.29. The fourth-order valence-electron chi connectivity index (χ4n) is 3.89. The van der Waals surface area contributed by atoms with Gasteiger partial charge in [-0.1, -0.05) is 23.4 Å². The van der Waals surface area contributed by atoms with Crippen LogP contribution in [-0.2, 0) is 17.5 Å². The van der Waals surface area contributed by atoms with Gasteiger partial charge in [-0.3, -0.25) is 4.79 Å². The molecule has 1 aliphatic rings. The number of anilines is 1. The topological polar surface area (TPSA) is 69.0 Å². The van der Waals surface area contributed by atoms with Crippen LogP contribution in [0.2, 0.25) is 5.02 Å². The number of alkyl halides is 3. The number of carbonyl (C=O) groups excluding carboxylic acids is 1. The van der Waals surface area contributed by atoms with Crippen molar-refractivity contribution < 1.29 is 22.7 Å². The van der Waals surface area contributed by atoms with Crippen LogP contribution < -0.4 is 10.1 Å². The Hall–Kier alpha value is -2.72. The minimum atomic E-state index is -4.53. The Morgan fingerprint density at radius 1 is 1.17 bits per heavy atom. The molecule has 2 aromatic carbocycles. The van der Waals surface area contributed by atoms with Crippen LogP contribution in [0.15, 0.2) is 47.6 Å². The zero-order valence-electron chi connectivity index (χ0n) is 18.9. The van der Waals surface area contributed by atoms with E-state index in [0.717, 1.165) is 54.1 Å². The Morgan fingerprint density at radius 3 is 2.54 bits per heavy atom. The second-order valence-electron chi connectivity index (χ2n) is 8.13. The second kappa shape index (κ2) is 10.9. The van der Waals surface area contributed by atoms with Crippen LogP contribution in [0.4, 0.5) is 18.9 Å². The van der Waals surface area contributed by atoms with Crippen LogP contribution >= 0.6 is 23.4 Å². The van der Waals surface area contributed by atoms with Gasteiger partial charge in [0.2, 0.25) is 5.91 Å². The molecule has 11 heteroatoms. The molecule has 1 fully saturated rings. The number of carbonyl (C=O) groups is 1. The maximum Gasteiger partial charge on any atom is 0.416 e. The van der Waals surface area contributed by atoms with Crippen LogP contribution in [0.1, 0.15) is 38.2 Å². The van der Waals surface area contributed by atoms with Crippen molar-refractivity contribution in [3.63, 3.8) is 0 Å². The molecule has 0 saturated heterocycles. The van der Waals surface area contributed by atoms with E-state index >= 15 is 0 Å². The first kappa shape index (κ1) is 25.4. The summed E-state index contributed by atoms with van der Waals surface area (Å²) in [6.07, 6.45) is 0.315. The van der Waals surface area contributed by atoms with Gasteiger partial charge in [-0.2, -0.15) is 13.2 Å². The van der Waals surface area contributed by atoms with Gasteiger partial charge < -0.3 is 14.6 Å². The third-order valence-corrected chi connectivity index (χ3v) is 6.95. The van der Waals surface area contributed by atoms with Gasteiger partial charge in [-0.25, -0.2) is 0 Å². The summed E-state index contributed by atoms with van der Waals surface area (Å²) in [6.45, 7) is 2.52. The van der Waals surface area contributed by atoms with Gasteiger partial charge in [0.25, 0.3) is 0 Å². The number of thioether (sulfide) groups is 1. The number of halogens is 4. The molecule has 0 bridgehead atoms. The molecular weight excluding hydrogens is 501 g/mol. The van der Waals surface area contributed by atoms with E-state index in [4.69, 9.17) is 16.3 Å². The van der Waals surface area contributed by atoms with Crippen LogP contribution in [0.25, 0.3) is 11.4 Å². The number of hydrogen-bond donors (Lipinski definition) is 1. The van der Waals surface area contributed by atoms with Crippen molar-refractivity contribution in [3.8, 4) is 17.1 Å². The van der Waals surface area contributed by atoms with Crippen LogP contribution in [-0.4, -0.2) is 32.5 Å². The smallest absolute Gasteiger partial charge is 0.416 e. The van der Waals surface area contributed by atoms with Gasteiger partial charge in [-0.15, -0.1) is 10.2 Å². The average Bonchev–Trinajstić information content (AvgIpc) is 3.48. The molecular formula is C24H24ClF3N4O2S. The van der Waals surface area contributed by atoms with Gasteiger partial charge in [0.1, 0.15) is 5.75 Å². The highest BCUT2D eigenvalue weighted by Crippen LogP contribution is 2.34. The van der Waals surface area contributed by atoms with Crippen LogP contribution in [0.3, 0.4) is 0 Å².